The zero-order chi connectivity index (χ0) is 11.4. The molecule has 2 atom stereocenters. The van der Waals surface area contributed by atoms with Crippen molar-refractivity contribution in [1.82, 2.24) is 4.90 Å². The predicted octanol–water partition coefficient (Wildman–Crippen LogP) is 2.18. The molecule has 0 unspecified atom stereocenters. The number of ether oxygens (including phenoxy) is 2. The molecule has 16 heavy (non-hydrogen) atoms. The lowest BCUT2D eigenvalue weighted by Crippen LogP contribution is -2.39. The molecular weight excluding hydrogens is 202 g/mol. The van der Waals surface area contributed by atoms with E-state index in [1.54, 1.807) is 14.2 Å². The molecule has 0 radical (unpaired) electrons. The molecule has 0 amide bonds. The van der Waals surface area contributed by atoms with Crippen molar-refractivity contribution in [3.8, 4) is 0 Å². The maximum absolute atomic E-state index is 5.33. The third kappa shape index (κ3) is 2.41. The van der Waals surface area contributed by atoms with Crippen molar-refractivity contribution in [3.05, 3.63) is 11.8 Å². The van der Waals surface area contributed by atoms with Crippen LogP contribution in [0.25, 0.3) is 0 Å². The predicted molar refractivity (Wildman–Crippen MR) is 64.3 cm³/mol. The molecule has 1 aliphatic heterocycles. The third-order valence-electron chi connectivity index (χ3n) is 3.69. The quantitative estimate of drug-likeness (QED) is 0.716. The average molecular weight is 225 g/mol. The van der Waals surface area contributed by atoms with E-state index in [-0.39, 0.29) is 0 Å². The largest absolute Gasteiger partial charge is 0.383 e. The van der Waals surface area contributed by atoms with Gasteiger partial charge in [-0.05, 0) is 32.1 Å². The summed E-state index contributed by atoms with van der Waals surface area (Å²) in [5, 5.41) is 0. The molecule has 2 rings (SSSR count). The molecule has 0 saturated carbocycles. The van der Waals surface area contributed by atoms with E-state index in [9.17, 15) is 0 Å². The van der Waals surface area contributed by atoms with Crippen molar-refractivity contribution >= 4 is 0 Å². The van der Waals surface area contributed by atoms with Crippen LogP contribution in [0.5, 0.6) is 0 Å². The van der Waals surface area contributed by atoms with Crippen molar-refractivity contribution < 1.29 is 9.47 Å². The molecule has 1 aliphatic carbocycles. The monoisotopic (exact) mass is 225 g/mol. The van der Waals surface area contributed by atoms with Gasteiger partial charge in [0.05, 0.1) is 25.3 Å². The molecule has 1 saturated heterocycles. The first-order valence-electron chi connectivity index (χ1n) is 6.32. The smallest absolute Gasteiger partial charge is 0.0666 e. The van der Waals surface area contributed by atoms with Crippen molar-refractivity contribution in [3.63, 3.8) is 0 Å². The van der Waals surface area contributed by atoms with Crippen LogP contribution in [0.15, 0.2) is 11.8 Å². The number of nitrogens with zero attached hydrogens (tertiary/aromatic N) is 1. The highest BCUT2D eigenvalue weighted by Crippen LogP contribution is 2.33. The second kappa shape index (κ2) is 5.69. The summed E-state index contributed by atoms with van der Waals surface area (Å²) >= 11 is 0. The molecule has 0 N–H and O–H groups in total. The van der Waals surface area contributed by atoms with E-state index in [0.29, 0.717) is 12.1 Å². The van der Waals surface area contributed by atoms with Gasteiger partial charge in [0.1, 0.15) is 0 Å². The Labute approximate surface area is 98.4 Å². The minimum atomic E-state index is 0.564. The number of hydrogen-bond donors (Lipinski definition) is 0. The molecule has 1 fully saturated rings. The summed E-state index contributed by atoms with van der Waals surface area (Å²) in [7, 11) is 3.59. The summed E-state index contributed by atoms with van der Waals surface area (Å²) in [6.45, 7) is 1.69. The maximum Gasteiger partial charge on any atom is 0.0666 e. The molecule has 3 heteroatoms. The van der Waals surface area contributed by atoms with Gasteiger partial charge in [0.25, 0.3) is 0 Å². The van der Waals surface area contributed by atoms with Crippen LogP contribution in [-0.2, 0) is 9.47 Å². The Hall–Kier alpha value is -0.540. The van der Waals surface area contributed by atoms with Crippen molar-refractivity contribution in [1.29, 1.82) is 0 Å². The summed E-state index contributed by atoms with van der Waals surface area (Å²) in [5.74, 6) is 0. The van der Waals surface area contributed by atoms with Crippen LogP contribution in [0.3, 0.4) is 0 Å². The minimum absolute atomic E-state index is 0.564. The molecule has 1 heterocycles. The van der Waals surface area contributed by atoms with Crippen LogP contribution in [-0.4, -0.2) is 44.4 Å². The maximum atomic E-state index is 5.33. The molecule has 0 aromatic heterocycles. The van der Waals surface area contributed by atoms with Gasteiger partial charge in [-0.25, -0.2) is 0 Å². The second-order valence-corrected chi connectivity index (χ2v) is 4.79. The lowest BCUT2D eigenvalue weighted by Gasteiger charge is -2.33. The molecule has 0 bridgehead atoms. The van der Waals surface area contributed by atoms with Crippen molar-refractivity contribution in [2.24, 2.45) is 0 Å². The summed E-state index contributed by atoms with van der Waals surface area (Å²) < 4.78 is 10.7. The first-order valence-corrected chi connectivity index (χ1v) is 6.32. The highest BCUT2D eigenvalue weighted by molar-refractivity contribution is 5.12. The van der Waals surface area contributed by atoms with Crippen molar-refractivity contribution in [2.75, 3.05) is 27.4 Å². The molecule has 3 nitrogen and oxygen atoms in total. The summed E-state index contributed by atoms with van der Waals surface area (Å²) in [5.41, 5.74) is 1.53. The average Bonchev–Trinajstić information content (AvgIpc) is 2.88. The molecule has 0 aromatic rings. The zero-order valence-electron chi connectivity index (χ0n) is 10.4. The number of methoxy groups -OCH3 is 2. The van der Waals surface area contributed by atoms with E-state index in [1.807, 2.05) is 0 Å². The second-order valence-electron chi connectivity index (χ2n) is 4.79. The van der Waals surface area contributed by atoms with E-state index in [1.165, 1.54) is 37.8 Å². The normalized spacial score (nSPS) is 29.9. The Morgan fingerprint density at radius 3 is 2.25 bits per heavy atom. The topological polar surface area (TPSA) is 21.7 Å². The zero-order valence-corrected chi connectivity index (χ0v) is 10.4. The highest BCUT2D eigenvalue weighted by atomic mass is 16.5. The van der Waals surface area contributed by atoms with E-state index >= 15 is 0 Å². The summed E-state index contributed by atoms with van der Waals surface area (Å²) in [4.78, 5) is 2.57. The Morgan fingerprint density at radius 1 is 1.19 bits per heavy atom. The standard InChI is InChI=1S/C13H23NO2/c1-15-9-12-7-8-13(10-16-2)14(12)11-5-3-4-6-11/h5,12-13H,3-4,6-10H2,1-2H3/t12-,13-/m1/s1. The summed E-state index contributed by atoms with van der Waals surface area (Å²) in [6, 6.07) is 1.13. The molecule has 92 valence electrons. The lowest BCUT2D eigenvalue weighted by atomic mass is 10.2. The molecule has 0 aromatic carbocycles. The molecule has 2 aliphatic rings. The van der Waals surface area contributed by atoms with Gasteiger partial charge in [-0.15, -0.1) is 0 Å². The number of likely N-dealkylation sites (tertiary alicyclic amines) is 1. The Morgan fingerprint density at radius 2 is 1.81 bits per heavy atom. The SMILES string of the molecule is COC[C@H]1CC[C@H](COC)N1C1=CCCC1. The molecular formula is C13H23NO2. The van der Waals surface area contributed by atoms with Crippen molar-refractivity contribution in [2.45, 2.75) is 44.2 Å². The Bertz CT molecular complexity index is 238. The Kier molecular flexibility index (Phi) is 4.24. The minimum Gasteiger partial charge on any atom is -0.383 e. The van der Waals surface area contributed by atoms with Gasteiger partial charge < -0.3 is 14.4 Å². The Balaban J connectivity index is 2.05. The summed E-state index contributed by atoms with van der Waals surface area (Å²) in [6.07, 6.45) is 8.66. The van der Waals surface area contributed by atoms with Gasteiger partial charge in [0.2, 0.25) is 0 Å². The van der Waals surface area contributed by atoms with Gasteiger partial charge in [-0.2, -0.15) is 0 Å². The highest BCUT2D eigenvalue weighted by Gasteiger charge is 2.34. The van der Waals surface area contributed by atoms with Gasteiger partial charge in [-0.1, -0.05) is 6.08 Å². The van der Waals surface area contributed by atoms with Gasteiger partial charge in [-0.3, -0.25) is 0 Å². The fourth-order valence-electron chi connectivity index (χ4n) is 3.03. The van der Waals surface area contributed by atoms with Crippen LogP contribution < -0.4 is 0 Å². The lowest BCUT2D eigenvalue weighted by molar-refractivity contribution is 0.0830. The number of rotatable bonds is 5. The first kappa shape index (κ1) is 11.9. The van der Waals surface area contributed by atoms with E-state index in [0.717, 1.165) is 13.2 Å². The first-order chi connectivity index (χ1) is 7.86. The number of hydrogen-bond acceptors (Lipinski definition) is 3. The van der Waals surface area contributed by atoms with Gasteiger partial charge in [0, 0.05) is 19.9 Å². The van der Waals surface area contributed by atoms with Crippen LogP contribution >= 0.6 is 0 Å². The third-order valence-corrected chi connectivity index (χ3v) is 3.69. The number of allylic oxidation sites excluding steroid dienone is 2. The van der Waals surface area contributed by atoms with Crippen LogP contribution in [0, 0.1) is 0 Å². The fourth-order valence-corrected chi connectivity index (χ4v) is 3.03. The fraction of sp³-hybridized carbons (Fsp3) is 0.846. The van der Waals surface area contributed by atoms with Crippen LogP contribution in [0.2, 0.25) is 0 Å². The van der Waals surface area contributed by atoms with Crippen LogP contribution in [0.1, 0.15) is 32.1 Å². The van der Waals surface area contributed by atoms with E-state index in [2.05, 4.69) is 11.0 Å². The van der Waals surface area contributed by atoms with E-state index < -0.39 is 0 Å². The van der Waals surface area contributed by atoms with E-state index in [4.69, 9.17) is 9.47 Å². The van der Waals surface area contributed by atoms with Gasteiger partial charge in [0.15, 0.2) is 0 Å². The van der Waals surface area contributed by atoms with Crippen LogP contribution in [0.4, 0.5) is 0 Å². The van der Waals surface area contributed by atoms with Gasteiger partial charge >= 0.3 is 0 Å². The molecule has 0 spiro atoms.